The Labute approximate surface area is 126 Å². The maximum absolute atomic E-state index is 12.2. The topological polar surface area (TPSA) is 66.4 Å². The van der Waals surface area contributed by atoms with Gasteiger partial charge in [-0.1, -0.05) is 43.7 Å². The lowest BCUT2D eigenvalue weighted by Crippen LogP contribution is -2.39. The average molecular weight is 291 g/mol. The summed E-state index contributed by atoms with van der Waals surface area (Å²) in [5, 5.41) is 12.2. The van der Waals surface area contributed by atoms with Crippen molar-refractivity contribution in [3.05, 3.63) is 35.4 Å². The molecule has 0 aliphatic rings. The lowest BCUT2D eigenvalue weighted by Gasteiger charge is -2.29. The number of hydrogen-bond acceptors (Lipinski definition) is 2. The summed E-state index contributed by atoms with van der Waals surface area (Å²) in [5.74, 6) is -1.28. The quantitative estimate of drug-likeness (QED) is 0.845. The van der Waals surface area contributed by atoms with Gasteiger partial charge in [-0.05, 0) is 32.3 Å². The molecule has 0 heterocycles. The molecule has 1 rings (SSSR count). The van der Waals surface area contributed by atoms with Gasteiger partial charge in [0.25, 0.3) is 0 Å². The van der Waals surface area contributed by atoms with Crippen LogP contribution in [0.1, 0.15) is 51.3 Å². The number of nitrogens with one attached hydrogen (secondary N) is 1. The summed E-state index contributed by atoms with van der Waals surface area (Å²) in [6, 6.07) is 7.78. The first kappa shape index (κ1) is 17.2. The Kier molecular flexibility index (Phi) is 5.53. The SMILES string of the molecule is Cc1cccc([C@@H](C)NC(=O)CC(C)(C(=O)O)C(C)C)c1. The van der Waals surface area contributed by atoms with E-state index >= 15 is 0 Å². The Morgan fingerprint density at radius 1 is 1.29 bits per heavy atom. The summed E-state index contributed by atoms with van der Waals surface area (Å²) in [6.45, 7) is 9.17. The third-order valence-electron chi connectivity index (χ3n) is 4.21. The minimum atomic E-state index is -1.05. The molecule has 2 N–H and O–H groups in total. The molecule has 2 atom stereocenters. The van der Waals surface area contributed by atoms with E-state index in [9.17, 15) is 14.7 Å². The number of aryl methyl sites for hydroxylation is 1. The number of benzene rings is 1. The predicted octanol–water partition coefficient (Wildman–Crippen LogP) is 3.31. The number of carbonyl (C=O) groups excluding carboxylic acids is 1. The molecule has 4 nitrogen and oxygen atoms in total. The molecular formula is C17H25NO3. The van der Waals surface area contributed by atoms with Crippen molar-refractivity contribution in [2.75, 3.05) is 0 Å². The zero-order valence-electron chi connectivity index (χ0n) is 13.4. The van der Waals surface area contributed by atoms with Crippen LogP contribution in [0.5, 0.6) is 0 Å². The Morgan fingerprint density at radius 2 is 1.90 bits per heavy atom. The highest BCUT2D eigenvalue weighted by Gasteiger charge is 2.38. The first-order chi connectivity index (χ1) is 9.66. The van der Waals surface area contributed by atoms with Crippen LogP contribution >= 0.6 is 0 Å². The van der Waals surface area contributed by atoms with Crippen LogP contribution in [0.15, 0.2) is 24.3 Å². The van der Waals surface area contributed by atoms with Crippen molar-refractivity contribution < 1.29 is 14.7 Å². The molecule has 0 saturated carbocycles. The molecule has 0 saturated heterocycles. The minimum Gasteiger partial charge on any atom is -0.481 e. The molecule has 0 aromatic heterocycles. The number of carboxylic acid groups (broad SMARTS) is 1. The summed E-state index contributed by atoms with van der Waals surface area (Å²) in [5.41, 5.74) is 1.10. The number of aliphatic carboxylic acids is 1. The second-order valence-electron chi connectivity index (χ2n) is 6.26. The van der Waals surface area contributed by atoms with Crippen molar-refractivity contribution in [3.63, 3.8) is 0 Å². The van der Waals surface area contributed by atoms with Crippen LogP contribution in [-0.4, -0.2) is 17.0 Å². The van der Waals surface area contributed by atoms with Crippen LogP contribution in [0.25, 0.3) is 0 Å². The minimum absolute atomic E-state index is 0.0177. The Hall–Kier alpha value is -1.84. The van der Waals surface area contributed by atoms with Gasteiger partial charge in [0.2, 0.25) is 5.91 Å². The van der Waals surface area contributed by atoms with E-state index in [0.29, 0.717) is 0 Å². The van der Waals surface area contributed by atoms with Crippen LogP contribution < -0.4 is 5.32 Å². The van der Waals surface area contributed by atoms with E-state index in [-0.39, 0.29) is 24.3 Å². The van der Waals surface area contributed by atoms with Crippen molar-refractivity contribution >= 4 is 11.9 Å². The average Bonchev–Trinajstić information content (AvgIpc) is 2.37. The maximum Gasteiger partial charge on any atom is 0.310 e. The van der Waals surface area contributed by atoms with Crippen LogP contribution in [-0.2, 0) is 9.59 Å². The molecule has 1 amide bonds. The van der Waals surface area contributed by atoms with Gasteiger partial charge in [0.05, 0.1) is 11.5 Å². The first-order valence-electron chi connectivity index (χ1n) is 7.26. The largest absolute Gasteiger partial charge is 0.481 e. The second kappa shape index (κ2) is 6.74. The van der Waals surface area contributed by atoms with E-state index in [1.807, 2.05) is 52.0 Å². The summed E-state index contributed by atoms with van der Waals surface area (Å²) >= 11 is 0. The molecule has 1 unspecified atom stereocenters. The summed E-state index contributed by atoms with van der Waals surface area (Å²) in [7, 11) is 0. The third kappa shape index (κ3) is 4.31. The molecule has 0 aliphatic heterocycles. The number of hydrogen-bond donors (Lipinski definition) is 2. The van der Waals surface area contributed by atoms with E-state index in [1.165, 1.54) is 0 Å². The Bertz CT molecular complexity index is 525. The predicted molar refractivity (Wildman–Crippen MR) is 82.9 cm³/mol. The zero-order chi connectivity index (χ0) is 16.2. The van der Waals surface area contributed by atoms with Gasteiger partial charge in [-0.25, -0.2) is 0 Å². The molecular weight excluding hydrogens is 266 g/mol. The summed E-state index contributed by atoms with van der Waals surface area (Å²) < 4.78 is 0. The molecule has 116 valence electrons. The molecule has 1 aromatic rings. The van der Waals surface area contributed by atoms with Gasteiger partial charge in [-0.3, -0.25) is 9.59 Å². The number of amides is 1. The van der Waals surface area contributed by atoms with Gasteiger partial charge in [0.15, 0.2) is 0 Å². The van der Waals surface area contributed by atoms with Gasteiger partial charge in [0.1, 0.15) is 0 Å². The van der Waals surface area contributed by atoms with E-state index in [0.717, 1.165) is 11.1 Å². The van der Waals surface area contributed by atoms with Gasteiger partial charge in [0, 0.05) is 6.42 Å². The van der Waals surface area contributed by atoms with Crippen molar-refractivity contribution in [2.24, 2.45) is 11.3 Å². The maximum atomic E-state index is 12.2. The first-order valence-corrected chi connectivity index (χ1v) is 7.26. The highest BCUT2D eigenvalue weighted by Crippen LogP contribution is 2.31. The third-order valence-corrected chi connectivity index (χ3v) is 4.21. The molecule has 0 spiro atoms. The van der Waals surface area contributed by atoms with E-state index < -0.39 is 11.4 Å². The normalized spacial score (nSPS) is 15.3. The molecule has 0 radical (unpaired) electrons. The van der Waals surface area contributed by atoms with Crippen LogP contribution in [0.2, 0.25) is 0 Å². The van der Waals surface area contributed by atoms with Gasteiger partial charge >= 0.3 is 5.97 Å². The highest BCUT2D eigenvalue weighted by atomic mass is 16.4. The zero-order valence-corrected chi connectivity index (χ0v) is 13.4. The standard InChI is InChI=1S/C17H25NO3/c1-11(2)17(5,16(20)21)10-15(19)18-13(4)14-8-6-7-12(3)9-14/h6-9,11,13H,10H2,1-5H3,(H,18,19)(H,20,21)/t13-,17?/m1/s1. The number of carbonyl (C=O) groups is 2. The lowest BCUT2D eigenvalue weighted by atomic mass is 9.76. The fraction of sp³-hybridized carbons (Fsp3) is 0.529. The monoisotopic (exact) mass is 291 g/mol. The highest BCUT2D eigenvalue weighted by molar-refractivity contribution is 5.85. The number of carboxylic acids is 1. The van der Waals surface area contributed by atoms with Crippen molar-refractivity contribution in [3.8, 4) is 0 Å². The fourth-order valence-corrected chi connectivity index (χ4v) is 2.18. The molecule has 21 heavy (non-hydrogen) atoms. The fourth-order valence-electron chi connectivity index (χ4n) is 2.18. The van der Waals surface area contributed by atoms with Crippen LogP contribution in [0.3, 0.4) is 0 Å². The molecule has 0 aliphatic carbocycles. The lowest BCUT2D eigenvalue weighted by molar-refractivity contribution is -0.153. The van der Waals surface area contributed by atoms with Crippen molar-refractivity contribution in [2.45, 2.75) is 47.1 Å². The molecule has 0 fully saturated rings. The summed E-state index contributed by atoms with van der Waals surface area (Å²) in [4.78, 5) is 23.6. The smallest absolute Gasteiger partial charge is 0.310 e. The Balaban J connectivity index is 2.75. The van der Waals surface area contributed by atoms with E-state index in [4.69, 9.17) is 0 Å². The molecule has 4 heteroatoms. The Morgan fingerprint density at radius 3 is 2.38 bits per heavy atom. The second-order valence-corrected chi connectivity index (χ2v) is 6.26. The number of rotatable bonds is 6. The van der Waals surface area contributed by atoms with E-state index in [2.05, 4.69) is 5.32 Å². The van der Waals surface area contributed by atoms with Crippen molar-refractivity contribution in [1.29, 1.82) is 0 Å². The van der Waals surface area contributed by atoms with Crippen LogP contribution in [0, 0.1) is 18.3 Å². The van der Waals surface area contributed by atoms with E-state index in [1.54, 1.807) is 6.92 Å². The van der Waals surface area contributed by atoms with Gasteiger partial charge < -0.3 is 10.4 Å². The summed E-state index contributed by atoms with van der Waals surface area (Å²) in [6.07, 6.45) is -0.0177. The van der Waals surface area contributed by atoms with Crippen molar-refractivity contribution in [1.82, 2.24) is 5.32 Å². The van der Waals surface area contributed by atoms with Crippen LogP contribution in [0.4, 0.5) is 0 Å². The van der Waals surface area contributed by atoms with Gasteiger partial charge in [-0.2, -0.15) is 0 Å². The molecule has 1 aromatic carbocycles. The van der Waals surface area contributed by atoms with Gasteiger partial charge in [-0.15, -0.1) is 0 Å². The molecule has 0 bridgehead atoms.